The molecule has 0 aliphatic rings. The minimum absolute atomic E-state index is 0.162. The normalized spacial score (nSPS) is 12.2. The number of anilines is 2. The minimum Gasteiger partial charge on any atom is -0.755 e. The molecule has 0 bridgehead atoms. The summed E-state index contributed by atoms with van der Waals surface area (Å²) in [5, 5.41) is 3.12. The molecule has 0 spiro atoms. The third-order valence-electron chi connectivity index (χ3n) is 4.44. The van der Waals surface area contributed by atoms with Crippen LogP contribution in [0.25, 0.3) is 11.2 Å². The number of furan rings is 1. The van der Waals surface area contributed by atoms with Crippen molar-refractivity contribution in [3.63, 3.8) is 0 Å². The summed E-state index contributed by atoms with van der Waals surface area (Å²) < 4.78 is 44.3. The highest BCUT2D eigenvalue weighted by molar-refractivity contribution is 7.80. The van der Waals surface area contributed by atoms with Gasteiger partial charge in [0, 0.05) is 30.4 Å². The molecule has 30 heavy (non-hydrogen) atoms. The van der Waals surface area contributed by atoms with Gasteiger partial charge in [0.15, 0.2) is 17.0 Å². The summed E-state index contributed by atoms with van der Waals surface area (Å²) in [5.74, 6) is 0.506. The third-order valence-corrected chi connectivity index (χ3v) is 4.81. The van der Waals surface area contributed by atoms with Crippen LogP contribution in [0.1, 0.15) is 17.5 Å². The van der Waals surface area contributed by atoms with Crippen LogP contribution in [0.4, 0.5) is 16.1 Å². The molecule has 1 aromatic carbocycles. The molecule has 0 saturated heterocycles. The highest BCUT2D eigenvalue weighted by Crippen LogP contribution is 2.21. The molecular weight excluding hydrogens is 411 g/mol. The molecule has 0 aliphatic heterocycles. The van der Waals surface area contributed by atoms with E-state index in [2.05, 4.69) is 25.0 Å². The van der Waals surface area contributed by atoms with E-state index in [1.54, 1.807) is 17.0 Å². The number of imidazole rings is 1. The quantitative estimate of drug-likeness (QED) is 0.310. The molecule has 0 saturated carbocycles. The van der Waals surface area contributed by atoms with Crippen LogP contribution in [-0.2, 0) is 30.8 Å². The second kappa shape index (κ2) is 9.01. The highest BCUT2D eigenvalue weighted by atomic mass is 32.2. The van der Waals surface area contributed by atoms with Crippen LogP contribution in [0, 0.1) is 6.08 Å². The van der Waals surface area contributed by atoms with Gasteiger partial charge in [-0.3, -0.25) is 8.93 Å². The van der Waals surface area contributed by atoms with E-state index in [9.17, 15) is 13.2 Å². The number of benzene rings is 1. The number of hydrogen-bond donors (Lipinski definition) is 2. The Hall–Kier alpha value is -3.31. The van der Waals surface area contributed by atoms with Crippen molar-refractivity contribution in [3.8, 4) is 0 Å². The van der Waals surface area contributed by atoms with Gasteiger partial charge in [0.25, 0.3) is 0 Å². The lowest BCUT2D eigenvalue weighted by atomic mass is 10.2. The van der Waals surface area contributed by atoms with E-state index < -0.39 is 17.3 Å². The van der Waals surface area contributed by atoms with Gasteiger partial charge in [0.1, 0.15) is 0 Å². The van der Waals surface area contributed by atoms with E-state index in [-0.39, 0.29) is 5.88 Å². The Labute approximate surface area is 173 Å². The number of rotatable bonds is 9. The van der Waals surface area contributed by atoms with Gasteiger partial charge < -0.3 is 18.9 Å². The summed E-state index contributed by atoms with van der Waals surface area (Å²) >= 11 is -2.43. The van der Waals surface area contributed by atoms with Crippen LogP contribution >= 0.6 is 0 Å². The maximum Gasteiger partial charge on any atom is 0.312 e. The van der Waals surface area contributed by atoms with Crippen molar-refractivity contribution in [2.24, 2.45) is 0 Å². The van der Waals surface area contributed by atoms with Crippen LogP contribution in [0.2, 0.25) is 0 Å². The molecule has 156 valence electrons. The smallest absolute Gasteiger partial charge is 0.312 e. The summed E-state index contributed by atoms with van der Waals surface area (Å²) in [6, 6.07) is 11.3. The molecule has 0 amide bonds. The van der Waals surface area contributed by atoms with Crippen LogP contribution < -0.4 is 10.0 Å². The number of aromatic nitrogens is 4. The van der Waals surface area contributed by atoms with Crippen molar-refractivity contribution in [2.45, 2.75) is 25.9 Å². The summed E-state index contributed by atoms with van der Waals surface area (Å²) in [6.07, 6.45) is 3.62. The lowest BCUT2D eigenvalue weighted by Gasteiger charge is -2.07. The number of fused-ring (bicyclic) bond motifs is 1. The molecule has 1 atom stereocenters. The highest BCUT2D eigenvalue weighted by Gasteiger charge is 2.13. The van der Waals surface area contributed by atoms with Crippen molar-refractivity contribution >= 4 is 34.1 Å². The van der Waals surface area contributed by atoms with E-state index in [1.807, 2.05) is 30.3 Å². The molecular formula is C19H18FN6O3S-. The zero-order chi connectivity index (χ0) is 20.9. The molecule has 0 radical (unpaired) electrons. The first-order valence-electron chi connectivity index (χ1n) is 9.18. The third kappa shape index (κ3) is 4.81. The van der Waals surface area contributed by atoms with Gasteiger partial charge in [-0.25, -0.2) is 4.98 Å². The van der Waals surface area contributed by atoms with Gasteiger partial charge in [-0.1, -0.05) is 30.3 Å². The molecule has 0 fully saturated rings. The largest absolute Gasteiger partial charge is 0.755 e. The molecule has 4 rings (SSSR count). The molecule has 4 aromatic rings. The predicted octanol–water partition coefficient (Wildman–Crippen LogP) is 3.01. The van der Waals surface area contributed by atoms with E-state index in [0.29, 0.717) is 42.9 Å². The van der Waals surface area contributed by atoms with Crippen LogP contribution in [0.3, 0.4) is 0 Å². The zero-order valence-electron chi connectivity index (χ0n) is 15.7. The summed E-state index contributed by atoms with van der Waals surface area (Å²) in [7, 11) is 0. The number of halogens is 1. The number of hydrogen-bond acceptors (Lipinski definition) is 7. The summed E-state index contributed by atoms with van der Waals surface area (Å²) in [5.41, 5.74) is 2.80. The molecule has 2 N–H and O–H groups in total. The summed E-state index contributed by atoms with van der Waals surface area (Å²) in [4.78, 5) is 12.1. The Balaban J connectivity index is 1.43. The lowest BCUT2D eigenvalue weighted by Crippen LogP contribution is -2.06. The van der Waals surface area contributed by atoms with E-state index in [1.165, 1.54) is 6.26 Å². The first-order valence-corrected chi connectivity index (χ1v) is 10.3. The second-order valence-electron chi connectivity index (χ2n) is 6.55. The van der Waals surface area contributed by atoms with Gasteiger partial charge in [-0.05, 0) is 24.0 Å². The van der Waals surface area contributed by atoms with Gasteiger partial charge in [0.2, 0.25) is 5.88 Å². The van der Waals surface area contributed by atoms with Crippen molar-refractivity contribution in [1.82, 2.24) is 19.5 Å². The fourth-order valence-corrected chi connectivity index (χ4v) is 3.35. The van der Waals surface area contributed by atoms with Gasteiger partial charge in [0.05, 0.1) is 12.6 Å². The van der Waals surface area contributed by atoms with Crippen LogP contribution in [-0.4, -0.2) is 28.3 Å². The first-order chi connectivity index (χ1) is 14.6. The van der Waals surface area contributed by atoms with Crippen LogP contribution in [0.5, 0.6) is 0 Å². The predicted molar refractivity (Wildman–Crippen MR) is 109 cm³/mol. The average molecular weight is 429 g/mol. The van der Waals surface area contributed by atoms with E-state index in [0.717, 1.165) is 11.1 Å². The number of nitrogens with zero attached hydrogens (tertiary/aromatic N) is 4. The molecule has 11 heteroatoms. The van der Waals surface area contributed by atoms with Crippen molar-refractivity contribution in [1.29, 1.82) is 0 Å². The Kier molecular flexibility index (Phi) is 6.00. The average Bonchev–Trinajstić information content (AvgIpc) is 3.33. The Morgan fingerprint density at radius 1 is 1.20 bits per heavy atom. The first kappa shape index (κ1) is 20.0. The topological polar surface area (TPSA) is 121 Å². The molecule has 0 aliphatic carbocycles. The molecule has 9 nitrogen and oxygen atoms in total. The maximum atomic E-state index is 14.0. The monoisotopic (exact) mass is 429 g/mol. The Bertz CT molecular complexity index is 1160. The fraction of sp³-hybridized carbons (Fsp3) is 0.211. The zero-order valence-corrected chi connectivity index (χ0v) is 16.6. The number of nitrogens with one attached hydrogen (secondary N) is 2. The Morgan fingerprint density at radius 3 is 2.83 bits per heavy atom. The minimum atomic E-state index is -2.43. The maximum absolute atomic E-state index is 14.0. The van der Waals surface area contributed by atoms with E-state index in [4.69, 9.17) is 4.42 Å². The lowest BCUT2D eigenvalue weighted by molar-refractivity contribution is 0.535. The van der Waals surface area contributed by atoms with E-state index >= 15 is 0 Å². The SMILES string of the molecule is O=S([O-])Nc1cc(CCCn2cnc3c(NCc4ccccc4)nc(F)nc32)co1. The summed E-state index contributed by atoms with van der Waals surface area (Å²) in [6.45, 7) is 1.04. The van der Waals surface area contributed by atoms with Gasteiger partial charge in [-0.2, -0.15) is 14.4 Å². The van der Waals surface area contributed by atoms with Crippen molar-refractivity contribution in [3.05, 3.63) is 66.2 Å². The van der Waals surface area contributed by atoms with Crippen molar-refractivity contribution < 1.29 is 17.6 Å². The second-order valence-corrected chi connectivity index (χ2v) is 7.22. The van der Waals surface area contributed by atoms with Gasteiger partial charge >= 0.3 is 6.08 Å². The van der Waals surface area contributed by atoms with Crippen molar-refractivity contribution in [2.75, 3.05) is 10.0 Å². The molecule has 3 aromatic heterocycles. The fourth-order valence-electron chi connectivity index (χ4n) is 3.08. The molecule has 3 heterocycles. The Morgan fingerprint density at radius 2 is 2.03 bits per heavy atom. The van der Waals surface area contributed by atoms with Gasteiger partial charge in [-0.15, -0.1) is 0 Å². The van der Waals surface area contributed by atoms with Crippen LogP contribution in [0.15, 0.2) is 53.4 Å². The number of aryl methyl sites for hydroxylation is 2. The standard InChI is InChI=1S/C19H19FN6O3S/c20-19-23-17(21-10-13-5-2-1-3-6-13)16-18(24-19)26(12-22-16)8-4-7-14-9-15(29-11-14)25-30(27)28/h1-3,5-6,9,11-12,25H,4,7-8,10H2,(H,27,28)(H,21,23,24)/p-1. The molecule has 1 unspecified atom stereocenters.